The summed E-state index contributed by atoms with van der Waals surface area (Å²) in [7, 11) is 1.67. The van der Waals surface area contributed by atoms with Crippen LogP contribution in [0.25, 0.3) is 0 Å². The molecule has 2 fully saturated rings. The van der Waals surface area contributed by atoms with Crippen LogP contribution < -0.4 is 0 Å². The van der Waals surface area contributed by atoms with Crippen molar-refractivity contribution in [1.29, 1.82) is 0 Å². The highest BCUT2D eigenvalue weighted by Gasteiger charge is 2.41. The first kappa shape index (κ1) is 35.2. The molecule has 6 heteroatoms. The molecule has 0 spiro atoms. The van der Waals surface area contributed by atoms with E-state index in [1.165, 1.54) is 69.8 Å². The number of allylic oxidation sites excluding steroid dienone is 1. The van der Waals surface area contributed by atoms with E-state index in [1.807, 2.05) is 32.0 Å². The summed E-state index contributed by atoms with van der Waals surface area (Å²) in [6.07, 6.45) is 22.9. The van der Waals surface area contributed by atoms with Gasteiger partial charge in [0.15, 0.2) is 5.79 Å². The highest BCUT2D eigenvalue weighted by molar-refractivity contribution is 5.13. The molecule has 1 aromatic rings. The fraction of sp³-hybridized carbons (Fsp3) is 0.778. The second-order valence-corrected chi connectivity index (χ2v) is 12.6. The smallest absolute Gasteiger partial charge is 0.164 e. The van der Waals surface area contributed by atoms with Gasteiger partial charge in [-0.3, -0.25) is 0 Å². The summed E-state index contributed by atoms with van der Waals surface area (Å²) in [5.41, 5.74) is 1.18. The monoisotopic (exact) mass is 588 g/mol. The maximum Gasteiger partial charge on any atom is 0.164 e. The maximum atomic E-state index is 6.40. The molecule has 6 nitrogen and oxygen atoms in total. The van der Waals surface area contributed by atoms with Gasteiger partial charge in [-0.05, 0) is 57.9 Å². The maximum absolute atomic E-state index is 6.40. The summed E-state index contributed by atoms with van der Waals surface area (Å²) in [5, 5.41) is 0. The second kappa shape index (κ2) is 20.6. The fourth-order valence-corrected chi connectivity index (χ4v) is 6.10. The summed E-state index contributed by atoms with van der Waals surface area (Å²) in [5.74, 6) is -0.579. The Morgan fingerprint density at radius 1 is 0.929 bits per heavy atom. The Morgan fingerprint density at radius 2 is 1.64 bits per heavy atom. The number of unbranched alkanes of at least 4 members (excludes halogenated alkanes) is 10. The Labute approximate surface area is 256 Å². The minimum absolute atomic E-state index is 0.00371. The van der Waals surface area contributed by atoms with Gasteiger partial charge < -0.3 is 28.4 Å². The van der Waals surface area contributed by atoms with Crippen molar-refractivity contribution in [3.8, 4) is 0 Å². The summed E-state index contributed by atoms with van der Waals surface area (Å²) >= 11 is 0. The molecule has 1 aromatic carbocycles. The lowest BCUT2D eigenvalue weighted by Gasteiger charge is -2.26. The third-order valence-electron chi connectivity index (χ3n) is 8.38. The summed E-state index contributed by atoms with van der Waals surface area (Å²) in [6.45, 7) is 7.77. The Morgan fingerprint density at radius 3 is 2.36 bits per heavy atom. The van der Waals surface area contributed by atoms with E-state index in [-0.39, 0.29) is 37.3 Å². The molecule has 2 saturated heterocycles. The largest absolute Gasteiger partial charge is 0.374 e. The molecule has 2 heterocycles. The van der Waals surface area contributed by atoms with Crippen LogP contribution in [0.3, 0.4) is 0 Å². The quantitative estimate of drug-likeness (QED) is 0.0723. The van der Waals surface area contributed by atoms with Gasteiger partial charge in [0.2, 0.25) is 0 Å². The Balaban J connectivity index is 1.36. The number of rotatable bonds is 23. The van der Waals surface area contributed by atoms with Gasteiger partial charge in [0.25, 0.3) is 0 Å². The Kier molecular flexibility index (Phi) is 17.3. The fourth-order valence-electron chi connectivity index (χ4n) is 6.10. The first-order valence-corrected chi connectivity index (χ1v) is 16.9. The van der Waals surface area contributed by atoms with Crippen molar-refractivity contribution in [2.45, 2.75) is 160 Å². The predicted octanol–water partition coefficient (Wildman–Crippen LogP) is 8.91. The van der Waals surface area contributed by atoms with E-state index in [4.69, 9.17) is 28.4 Å². The van der Waals surface area contributed by atoms with E-state index >= 15 is 0 Å². The lowest BCUT2D eigenvalue weighted by atomic mass is 10.00. The molecule has 42 heavy (non-hydrogen) atoms. The van der Waals surface area contributed by atoms with Crippen molar-refractivity contribution in [3.63, 3.8) is 0 Å². The van der Waals surface area contributed by atoms with Crippen molar-refractivity contribution in [1.82, 2.24) is 0 Å². The molecule has 240 valence electrons. The molecule has 3 rings (SSSR count). The Hall–Kier alpha value is -1.28. The van der Waals surface area contributed by atoms with Crippen molar-refractivity contribution < 1.29 is 28.4 Å². The van der Waals surface area contributed by atoms with Crippen molar-refractivity contribution >= 4 is 0 Å². The molecule has 0 aromatic heterocycles. The zero-order valence-corrected chi connectivity index (χ0v) is 27.1. The molecule has 5 atom stereocenters. The van der Waals surface area contributed by atoms with Crippen LogP contribution in [-0.4, -0.2) is 56.8 Å². The standard InChI is InChI=1S/C36H60O6/c1-5-6-7-8-9-10-11-12-13-14-15-19-22-34-35(42-36(2,3)41-34)26-25-32(39-29-37-4)33-24-23-31(40-33)28-38-27-30-20-17-16-18-21-30/h16-22,31-35H,5-15,23-29H2,1-4H3/b22-19+/t31-,32-,33-,34+,35+/m0/s1. The average Bonchev–Trinajstić information content (AvgIpc) is 3.57. The normalized spacial score (nSPS) is 24.6. The van der Waals surface area contributed by atoms with Crippen LogP contribution in [0.5, 0.6) is 0 Å². The van der Waals surface area contributed by atoms with Crippen LogP contribution in [0, 0.1) is 0 Å². The number of ether oxygens (including phenoxy) is 6. The minimum Gasteiger partial charge on any atom is -0.374 e. The van der Waals surface area contributed by atoms with E-state index in [1.54, 1.807) is 7.11 Å². The zero-order chi connectivity index (χ0) is 29.9. The molecule has 0 N–H and O–H groups in total. The van der Waals surface area contributed by atoms with Crippen LogP contribution in [0.1, 0.15) is 123 Å². The van der Waals surface area contributed by atoms with Gasteiger partial charge in [-0.15, -0.1) is 0 Å². The van der Waals surface area contributed by atoms with Crippen LogP contribution >= 0.6 is 0 Å². The lowest BCUT2D eigenvalue weighted by molar-refractivity contribution is -0.149. The van der Waals surface area contributed by atoms with Crippen LogP contribution in [-0.2, 0) is 35.0 Å². The number of hydrogen-bond acceptors (Lipinski definition) is 6. The molecule has 0 radical (unpaired) electrons. The molecular weight excluding hydrogens is 528 g/mol. The molecule has 0 bridgehead atoms. The van der Waals surface area contributed by atoms with Gasteiger partial charge in [-0.2, -0.15) is 0 Å². The van der Waals surface area contributed by atoms with Crippen molar-refractivity contribution in [2.24, 2.45) is 0 Å². The van der Waals surface area contributed by atoms with Crippen LogP contribution in [0.15, 0.2) is 42.5 Å². The first-order chi connectivity index (χ1) is 20.5. The number of hydrogen-bond donors (Lipinski definition) is 0. The summed E-state index contributed by atoms with van der Waals surface area (Å²) in [6, 6.07) is 10.3. The molecular formula is C36H60O6. The summed E-state index contributed by atoms with van der Waals surface area (Å²) < 4.78 is 36.3. The van der Waals surface area contributed by atoms with Gasteiger partial charge in [0, 0.05) is 7.11 Å². The van der Waals surface area contributed by atoms with E-state index < -0.39 is 5.79 Å². The molecule has 0 saturated carbocycles. The zero-order valence-electron chi connectivity index (χ0n) is 27.1. The van der Waals surface area contributed by atoms with E-state index in [9.17, 15) is 0 Å². The second-order valence-electron chi connectivity index (χ2n) is 12.6. The topological polar surface area (TPSA) is 55.4 Å². The highest BCUT2D eigenvalue weighted by Crippen LogP contribution is 2.34. The molecule has 0 aliphatic carbocycles. The van der Waals surface area contributed by atoms with Gasteiger partial charge >= 0.3 is 0 Å². The van der Waals surface area contributed by atoms with Crippen LogP contribution in [0.4, 0.5) is 0 Å². The predicted molar refractivity (Wildman–Crippen MR) is 169 cm³/mol. The third kappa shape index (κ3) is 14.0. The minimum atomic E-state index is -0.579. The van der Waals surface area contributed by atoms with Gasteiger partial charge in [0.1, 0.15) is 12.9 Å². The molecule has 0 unspecified atom stereocenters. The molecule has 0 amide bonds. The third-order valence-corrected chi connectivity index (χ3v) is 8.38. The Bertz CT molecular complexity index is 827. The number of benzene rings is 1. The summed E-state index contributed by atoms with van der Waals surface area (Å²) in [4.78, 5) is 0. The van der Waals surface area contributed by atoms with Crippen molar-refractivity contribution in [3.05, 3.63) is 48.0 Å². The molecule has 2 aliphatic heterocycles. The first-order valence-electron chi connectivity index (χ1n) is 16.9. The van der Waals surface area contributed by atoms with Crippen molar-refractivity contribution in [2.75, 3.05) is 20.5 Å². The molecule has 2 aliphatic rings. The average molecular weight is 589 g/mol. The van der Waals surface area contributed by atoms with Gasteiger partial charge in [-0.25, -0.2) is 0 Å². The van der Waals surface area contributed by atoms with Gasteiger partial charge in [-0.1, -0.05) is 107 Å². The van der Waals surface area contributed by atoms with E-state index in [0.29, 0.717) is 13.2 Å². The van der Waals surface area contributed by atoms with E-state index in [0.717, 1.165) is 32.1 Å². The SMILES string of the molecule is CCCCCCCCCCCC/C=C/[C@H]1OC(C)(C)O[C@@H]1CC[C@H](OCOC)[C@@H]1CC[C@@H](COCc2ccccc2)O1. The lowest BCUT2D eigenvalue weighted by Crippen LogP contribution is -2.33. The van der Waals surface area contributed by atoms with Gasteiger partial charge in [0.05, 0.1) is 37.6 Å². The van der Waals surface area contributed by atoms with Crippen LogP contribution in [0.2, 0.25) is 0 Å². The number of methoxy groups -OCH3 is 1. The van der Waals surface area contributed by atoms with E-state index in [2.05, 4.69) is 31.2 Å². The highest BCUT2D eigenvalue weighted by atomic mass is 16.7.